The second kappa shape index (κ2) is 5.69. The average molecular weight is 270 g/mol. The first-order valence-corrected chi connectivity index (χ1v) is 6.61. The van der Waals surface area contributed by atoms with Crippen molar-refractivity contribution in [3.8, 4) is 0 Å². The highest BCUT2D eigenvalue weighted by Crippen LogP contribution is 2.23. The monoisotopic (exact) mass is 269 g/mol. The van der Waals surface area contributed by atoms with Gasteiger partial charge in [-0.25, -0.2) is 0 Å². The van der Waals surface area contributed by atoms with Crippen molar-refractivity contribution in [2.75, 3.05) is 12.4 Å². The number of likely N-dealkylation sites (N-methyl/N-ethyl adjacent to an activating group) is 1. The van der Waals surface area contributed by atoms with Crippen LogP contribution in [0.15, 0.2) is 29.5 Å². The Morgan fingerprint density at radius 2 is 2.20 bits per heavy atom. The first kappa shape index (κ1) is 12.8. The fourth-order valence-electron chi connectivity index (χ4n) is 1.88. The molecule has 1 aliphatic rings. The largest absolute Gasteiger partial charge is 0.296 e. The number of alkyl halides is 1. The quantitative estimate of drug-likeness (QED) is 0.549. The minimum atomic E-state index is 0.441. The minimum Gasteiger partial charge on any atom is -0.296 e. The summed E-state index contributed by atoms with van der Waals surface area (Å²) < 4.78 is 0. The molecule has 0 aromatic rings. The smallest absolute Gasteiger partial charge is 0.0392 e. The normalized spacial score (nSPS) is 33.1. The van der Waals surface area contributed by atoms with Crippen molar-refractivity contribution < 1.29 is 0 Å². The fraction of sp³-hybridized carbons (Fsp3) is 0.615. The number of nitrogens with zero attached hydrogens (tertiary/aromatic N) is 1. The topological polar surface area (TPSA) is 3.24 Å². The van der Waals surface area contributed by atoms with Crippen LogP contribution in [0.25, 0.3) is 0 Å². The molecule has 0 fully saturated rings. The van der Waals surface area contributed by atoms with E-state index in [1.807, 2.05) is 0 Å². The van der Waals surface area contributed by atoms with Gasteiger partial charge in [0, 0.05) is 28.9 Å². The zero-order valence-electron chi connectivity index (χ0n) is 10.00. The molecule has 2 heteroatoms. The summed E-state index contributed by atoms with van der Waals surface area (Å²) >= 11 is 3.57. The van der Waals surface area contributed by atoms with Crippen molar-refractivity contribution in [1.29, 1.82) is 0 Å². The van der Waals surface area contributed by atoms with E-state index in [1.165, 1.54) is 5.57 Å². The first-order chi connectivity index (χ1) is 7.11. The second-order valence-electron chi connectivity index (χ2n) is 4.17. The maximum Gasteiger partial charge on any atom is 0.0392 e. The molecule has 1 heterocycles. The molecule has 0 aromatic carbocycles. The maximum atomic E-state index is 3.57. The molecule has 84 valence electrons. The molecule has 1 rings (SSSR count). The van der Waals surface area contributed by atoms with Gasteiger partial charge in [0.05, 0.1) is 0 Å². The van der Waals surface area contributed by atoms with Gasteiger partial charge in [0.1, 0.15) is 0 Å². The molecule has 2 unspecified atom stereocenters. The van der Waals surface area contributed by atoms with Crippen LogP contribution in [-0.4, -0.2) is 29.4 Å². The van der Waals surface area contributed by atoms with Crippen molar-refractivity contribution in [3.63, 3.8) is 0 Å². The molecule has 1 aliphatic heterocycles. The van der Waals surface area contributed by atoms with Crippen molar-refractivity contribution in [3.05, 3.63) is 29.5 Å². The molecule has 0 aromatic heterocycles. The van der Waals surface area contributed by atoms with Crippen LogP contribution in [-0.2, 0) is 0 Å². The van der Waals surface area contributed by atoms with Crippen LogP contribution < -0.4 is 0 Å². The molecule has 0 saturated heterocycles. The number of hydrogen-bond acceptors (Lipinski definition) is 1. The Balaban J connectivity index is 3.02. The summed E-state index contributed by atoms with van der Waals surface area (Å²) in [5.41, 5.74) is 4.70. The first-order valence-electron chi connectivity index (χ1n) is 5.49. The summed E-state index contributed by atoms with van der Waals surface area (Å²) in [5, 5.41) is 1.00. The summed E-state index contributed by atoms with van der Waals surface area (Å²) in [5.74, 6) is 0.542. The van der Waals surface area contributed by atoms with E-state index < -0.39 is 0 Å². The van der Waals surface area contributed by atoms with Gasteiger partial charge >= 0.3 is 0 Å². The molecule has 15 heavy (non-hydrogen) atoms. The number of halogens is 1. The molecule has 0 aliphatic carbocycles. The highest BCUT2D eigenvalue weighted by molar-refractivity contribution is 9.09. The summed E-state index contributed by atoms with van der Waals surface area (Å²) in [6, 6.07) is 0.992. The van der Waals surface area contributed by atoms with Gasteiger partial charge in [-0.3, -0.25) is 4.90 Å². The van der Waals surface area contributed by atoms with Gasteiger partial charge in [0.15, 0.2) is 0 Å². The minimum absolute atomic E-state index is 0.441. The van der Waals surface area contributed by atoms with Crippen molar-refractivity contribution in [1.82, 2.24) is 4.90 Å². The lowest BCUT2D eigenvalue weighted by Crippen LogP contribution is -2.40. The predicted molar refractivity (Wildman–Crippen MR) is 70.4 cm³/mol. The Hall–Kier alpha value is -0.300. The molecule has 0 spiro atoms. The van der Waals surface area contributed by atoms with Crippen LogP contribution in [0, 0.1) is 5.92 Å². The van der Waals surface area contributed by atoms with Crippen LogP contribution in [0.1, 0.15) is 20.8 Å². The van der Waals surface area contributed by atoms with Gasteiger partial charge in [-0.05, 0) is 33.9 Å². The van der Waals surface area contributed by atoms with Gasteiger partial charge < -0.3 is 0 Å². The molecule has 0 N–H and O–H groups in total. The third-order valence-corrected chi connectivity index (χ3v) is 4.06. The van der Waals surface area contributed by atoms with E-state index in [2.05, 4.69) is 72.6 Å². The lowest BCUT2D eigenvalue weighted by atomic mass is 10.0. The molecule has 0 amide bonds. The van der Waals surface area contributed by atoms with Crippen molar-refractivity contribution in [2.45, 2.75) is 32.9 Å². The van der Waals surface area contributed by atoms with Crippen LogP contribution in [0.3, 0.4) is 0 Å². The number of hydrogen-bond donors (Lipinski definition) is 0. The van der Waals surface area contributed by atoms with Gasteiger partial charge in [-0.2, -0.15) is 0 Å². The van der Waals surface area contributed by atoms with E-state index in [-0.39, 0.29) is 0 Å². The molecule has 3 atom stereocenters. The van der Waals surface area contributed by atoms with Crippen LogP contribution >= 0.6 is 15.9 Å². The highest BCUT2D eigenvalue weighted by Gasteiger charge is 2.25. The van der Waals surface area contributed by atoms with Crippen LogP contribution in [0.5, 0.6) is 0 Å². The number of rotatable bonds is 2. The lowest BCUT2D eigenvalue weighted by molar-refractivity contribution is 0.195. The summed E-state index contributed by atoms with van der Waals surface area (Å²) in [6.07, 6.45) is 6.44. The highest BCUT2D eigenvalue weighted by atomic mass is 79.9. The van der Waals surface area contributed by atoms with Gasteiger partial charge in [0.2, 0.25) is 0 Å². The maximum absolute atomic E-state index is 3.57. The van der Waals surface area contributed by atoms with Crippen molar-refractivity contribution in [2.24, 2.45) is 5.92 Å². The van der Waals surface area contributed by atoms with Crippen LogP contribution in [0.4, 0.5) is 0 Å². The zero-order valence-corrected chi connectivity index (χ0v) is 11.6. The summed E-state index contributed by atoms with van der Waals surface area (Å²) in [4.78, 5) is 2.41. The third kappa shape index (κ3) is 2.84. The third-order valence-electron chi connectivity index (χ3n) is 3.31. The molecular weight excluding hydrogens is 250 g/mol. The SMILES string of the molecule is C/C=C\C1=C=CC(CBr)[C@@H](C)N(C)C1C. The Morgan fingerprint density at radius 1 is 1.53 bits per heavy atom. The zero-order chi connectivity index (χ0) is 11.4. The second-order valence-corrected chi connectivity index (χ2v) is 4.81. The number of allylic oxidation sites excluding steroid dienone is 1. The van der Waals surface area contributed by atoms with E-state index >= 15 is 0 Å². The lowest BCUT2D eigenvalue weighted by Gasteiger charge is -2.32. The van der Waals surface area contributed by atoms with Gasteiger partial charge in [-0.1, -0.05) is 28.1 Å². The standard InChI is InChI=1S/C13H20BrN/c1-5-6-12-7-8-13(9-14)11(3)15(4)10(12)2/h5-6,8,10-11,13H,9H2,1-4H3/b6-5-/t10?,11-,13?/m1/s1. The van der Waals surface area contributed by atoms with E-state index in [0.717, 1.165) is 5.33 Å². The van der Waals surface area contributed by atoms with E-state index in [1.54, 1.807) is 0 Å². The van der Waals surface area contributed by atoms with E-state index in [9.17, 15) is 0 Å². The van der Waals surface area contributed by atoms with Gasteiger partial charge in [0.25, 0.3) is 0 Å². The molecule has 0 radical (unpaired) electrons. The summed E-state index contributed by atoms with van der Waals surface area (Å²) in [7, 11) is 2.19. The Labute approximate surface area is 102 Å². The molecule has 0 saturated carbocycles. The van der Waals surface area contributed by atoms with E-state index in [0.29, 0.717) is 18.0 Å². The Bertz CT molecular complexity index is 300. The molecule has 1 nitrogen and oxygen atoms in total. The molecule has 0 bridgehead atoms. The van der Waals surface area contributed by atoms with E-state index in [4.69, 9.17) is 0 Å². The van der Waals surface area contributed by atoms with Crippen molar-refractivity contribution >= 4 is 15.9 Å². The van der Waals surface area contributed by atoms with Gasteiger partial charge in [-0.15, -0.1) is 5.73 Å². The summed E-state index contributed by atoms with van der Waals surface area (Å²) in [6.45, 7) is 6.57. The van der Waals surface area contributed by atoms with Crippen LogP contribution in [0.2, 0.25) is 0 Å². The Kier molecular flexibility index (Phi) is 4.85. The predicted octanol–water partition coefficient (Wildman–Crippen LogP) is 3.38. The Morgan fingerprint density at radius 3 is 2.73 bits per heavy atom. The molecular formula is C13H20BrN. The average Bonchev–Trinajstić information content (AvgIpc) is 2.33. The fourth-order valence-corrected chi connectivity index (χ4v) is 2.61.